The van der Waals surface area contributed by atoms with Gasteiger partial charge in [0.05, 0.1) is 28.1 Å². The van der Waals surface area contributed by atoms with Crippen LogP contribution in [0.4, 0.5) is 17.1 Å². The molecule has 1 radical (unpaired) electrons. The molecule has 0 aliphatic carbocycles. The number of hydrogen-bond donors (Lipinski definition) is 2. The summed E-state index contributed by atoms with van der Waals surface area (Å²) in [7, 11) is -9.65. The molecule has 3 aromatic carbocycles. The Morgan fingerprint density at radius 2 is 1.60 bits per heavy atom. The van der Waals surface area contributed by atoms with Crippen molar-refractivity contribution in [2.24, 2.45) is 0 Å². The second-order valence-electron chi connectivity index (χ2n) is 8.01. The minimum absolute atomic E-state index is 0. The first-order valence-corrected chi connectivity index (χ1v) is 13.8. The maximum absolute atomic E-state index is 13.0. The SMILES string of the molecule is COc1cc([N+](=O)[O-])c(S(=O)(=O)O)cc1-[n+]1nc(C(=O)Nc2ccccc2)nn1-c1ccc([N+](=O)[O-])c(S(=O)(=O)[O-])c1.[Na]. The molecular formula is C21H15N7NaO12S2. The smallest absolute Gasteiger partial charge is 0.397 e. The third kappa shape index (κ3) is 6.99. The molecule has 1 amide bonds. The van der Waals surface area contributed by atoms with Crippen molar-refractivity contribution in [1.29, 1.82) is 0 Å². The molecule has 0 saturated carbocycles. The summed E-state index contributed by atoms with van der Waals surface area (Å²) >= 11 is 0. The average molecular weight is 645 g/mol. The molecule has 0 atom stereocenters. The Morgan fingerprint density at radius 3 is 2.14 bits per heavy atom. The monoisotopic (exact) mass is 644 g/mol. The van der Waals surface area contributed by atoms with Crippen molar-refractivity contribution in [2.45, 2.75) is 9.79 Å². The second-order valence-corrected chi connectivity index (χ2v) is 10.7. The van der Waals surface area contributed by atoms with Gasteiger partial charge in [0.25, 0.3) is 11.4 Å². The summed E-state index contributed by atoms with van der Waals surface area (Å²) in [6, 6.07) is 11.2. The van der Waals surface area contributed by atoms with E-state index in [4.69, 9.17) is 4.74 Å². The van der Waals surface area contributed by atoms with E-state index in [9.17, 15) is 51.0 Å². The molecule has 22 heteroatoms. The molecule has 0 fully saturated rings. The number of nitro groups is 2. The van der Waals surface area contributed by atoms with E-state index in [0.29, 0.717) is 39.5 Å². The third-order valence-electron chi connectivity index (χ3n) is 5.38. The number of benzene rings is 3. The number of hydrogen-bond acceptors (Lipinski definition) is 13. The summed E-state index contributed by atoms with van der Waals surface area (Å²) in [6.07, 6.45) is 0. The van der Waals surface area contributed by atoms with Crippen molar-refractivity contribution < 1.29 is 50.1 Å². The normalized spacial score (nSPS) is 11.3. The number of anilines is 1. The minimum Gasteiger partial charge on any atom is -0.744 e. The number of methoxy groups -OCH3 is 1. The van der Waals surface area contributed by atoms with Gasteiger partial charge in [-0.2, -0.15) is 8.42 Å². The van der Waals surface area contributed by atoms with Gasteiger partial charge in [0.1, 0.15) is 20.7 Å². The van der Waals surface area contributed by atoms with Crippen LogP contribution in [0.25, 0.3) is 11.4 Å². The molecule has 0 aliphatic rings. The van der Waals surface area contributed by atoms with Gasteiger partial charge in [-0.1, -0.05) is 18.2 Å². The van der Waals surface area contributed by atoms with E-state index in [2.05, 4.69) is 15.5 Å². The first-order chi connectivity index (χ1) is 19.6. The number of carbonyl (C=O) groups is 1. The fourth-order valence-electron chi connectivity index (χ4n) is 3.59. The quantitative estimate of drug-likeness (QED) is 0.0820. The van der Waals surface area contributed by atoms with Gasteiger partial charge in [0, 0.05) is 57.3 Å². The van der Waals surface area contributed by atoms with E-state index in [0.717, 1.165) is 13.2 Å². The topological polar surface area (TPSA) is 271 Å². The van der Waals surface area contributed by atoms with Gasteiger partial charge in [0.15, 0.2) is 10.6 Å². The van der Waals surface area contributed by atoms with Gasteiger partial charge < -0.3 is 14.6 Å². The predicted octanol–water partition coefficient (Wildman–Crippen LogP) is 0.391. The molecule has 0 bridgehead atoms. The molecule has 0 aliphatic heterocycles. The van der Waals surface area contributed by atoms with E-state index in [1.807, 2.05) is 0 Å². The Hall–Kier alpha value is -4.38. The fraction of sp³-hybridized carbons (Fsp3) is 0.0476. The number of para-hydroxylation sites is 1. The van der Waals surface area contributed by atoms with E-state index in [1.54, 1.807) is 18.2 Å². The van der Waals surface area contributed by atoms with Gasteiger partial charge in [-0.05, 0) is 29.1 Å². The number of carbonyl (C=O) groups excluding carboxylic acids is 1. The van der Waals surface area contributed by atoms with Gasteiger partial charge >= 0.3 is 21.8 Å². The van der Waals surface area contributed by atoms with E-state index in [1.165, 1.54) is 12.1 Å². The van der Waals surface area contributed by atoms with Crippen molar-refractivity contribution in [2.75, 3.05) is 12.4 Å². The van der Waals surface area contributed by atoms with Crippen molar-refractivity contribution in [3.63, 3.8) is 0 Å². The second kappa shape index (κ2) is 12.5. The van der Waals surface area contributed by atoms with Crippen LogP contribution in [0, 0.1) is 20.2 Å². The van der Waals surface area contributed by atoms with Crippen molar-refractivity contribution in [1.82, 2.24) is 15.0 Å². The van der Waals surface area contributed by atoms with E-state index >= 15 is 0 Å². The van der Waals surface area contributed by atoms with Crippen molar-refractivity contribution in [3.05, 3.63) is 86.7 Å². The molecule has 1 heterocycles. The first kappa shape index (κ1) is 33.1. The standard InChI is InChI=1S/C21H15N7O12S2.Na/c1-40-17-10-16(28(32)33)19(42(37,38)39)11-15(17)26-24-20(21(29)22-12-5-3-2-4-6-12)23-25(26)13-7-8-14(27(30)31)18(9-13)41(34,35)36;/h2-11H,1H3,(H2-,22,29,34,35,36,37,38,39);. The molecule has 0 unspecified atom stereocenters. The number of nitrogens with zero attached hydrogens (tertiary/aromatic N) is 6. The Balaban J connectivity index is 0.00000506. The van der Waals surface area contributed by atoms with Crippen LogP contribution in [0.3, 0.4) is 0 Å². The summed E-state index contributed by atoms with van der Waals surface area (Å²) in [5, 5.41) is 33.2. The molecule has 4 rings (SSSR count). The van der Waals surface area contributed by atoms with Gasteiger partial charge in [-0.15, -0.1) is 0 Å². The van der Waals surface area contributed by atoms with Crippen LogP contribution in [-0.2, 0) is 20.2 Å². The molecule has 1 aromatic heterocycles. The predicted molar refractivity (Wildman–Crippen MR) is 141 cm³/mol. The zero-order valence-electron chi connectivity index (χ0n) is 21.7. The Bertz CT molecular complexity index is 1980. The van der Waals surface area contributed by atoms with Crippen LogP contribution in [0.1, 0.15) is 10.6 Å². The number of nitrogens with one attached hydrogen (secondary N) is 1. The van der Waals surface area contributed by atoms with Gasteiger partial charge in [-0.3, -0.25) is 29.6 Å². The maximum Gasteiger partial charge on any atom is 0.397 e. The maximum atomic E-state index is 13.0. The molecular weight excluding hydrogens is 629 g/mol. The van der Waals surface area contributed by atoms with Gasteiger partial charge in [-0.25, -0.2) is 8.42 Å². The van der Waals surface area contributed by atoms with Crippen LogP contribution in [0.15, 0.2) is 70.5 Å². The average Bonchev–Trinajstić information content (AvgIpc) is 3.37. The van der Waals surface area contributed by atoms with Crippen LogP contribution in [-0.4, -0.2) is 93.4 Å². The van der Waals surface area contributed by atoms with Gasteiger partial charge in [0.2, 0.25) is 5.69 Å². The van der Waals surface area contributed by atoms with Crippen molar-refractivity contribution >= 4 is 72.8 Å². The number of amides is 1. The summed E-state index contributed by atoms with van der Waals surface area (Å²) < 4.78 is 74.2. The zero-order chi connectivity index (χ0) is 31.0. The van der Waals surface area contributed by atoms with E-state index < -0.39 is 80.1 Å². The van der Waals surface area contributed by atoms with Crippen LogP contribution >= 0.6 is 0 Å². The number of nitro benzene ring substituents is 2. The number of ether oxygens (including phenoxy) is 1. The Labute approximate surface area is 262 Å². The molecule has 0 spiro atoms. The number of aromatic nitrogens is 4. The molecule has 219 valence electrons. The Morgan fingerprint density at radius 1 is 0.977 bits per heavy atom. The zero-order valence-corrected chi connectivity index (χ0v) is 25.3. The van der Waals surface area contributed by atoms with Crippen molar-refractivity contribution in [3.8, 4) is 17.1 Å². The minimum atomic E-state index is -5.44. The Kier molecular flexibility index (Phi) is 9.60. The molecule has 19 nitrogen and oxygen atoms in total. The molecule has 2 N–H and O–H groups in total. The van der Waals surface area contributed by atoms with Crippen LogP contribution in [0.5, 0.6) is 5.75 Å². The number of rotatable bonds is 9. The summed E-state index contributed by atoms with van der Waals surface area (Å²) in [5.74, 6) is -2.05. The summed E-state index contributed by atoms with van der Waals surface area (Å²) in [4.78, 5) is 32.3. The fourth-order valence-corrected chi connectivity index (χ4v) is 4.91. The third-order valence-corrected chi connectivity index (χ3v) is 7.13. The number of tetrazole rings is 1. The summed E-state index contributed by atoms with van der Waals surface area (Å²) in [5.41, 5.74) is -2.80. The van der Waals surface area contributed by atoms with Crippen LogP contribution in [0.2, 0.25) is 0 Å². The molecule has 4 aromatic rings. The molecule has 43 heavy (non-hydrogen) atoms. The van der Waals surface area contributed by atoms with Crippen LogP contribution < -0.4 is 14.9 Å². The van der Waals surface area contributed by atoms with E-state index in [-0.39, 0.29) is 29.6 Å². The summed E-state index contributed by atoms with van der Waals surface area (Å²) in [6.45, 7) is 0. The largest absolute Gasteiger partial charge is 0.744 e. The first-order valence-electron chi connectivity index (χ1n) is 11.0. The molecule has 0 saturated heterocycles.